The van der Waals surface area contributed by atoms with Crippen molar-refractivity contribution >= 4 is 16.7 Å². The SMILES string of the molecule is CCCCOC(=O)COc1ccc2cc(O)ccc2c1. The number of carbonyl (C=O) groups excluding carboxylic acids is 1. The number of fused-ring (bicyclic) bond motifs is 1. The van der Waals surface area contributed by atoms with Crippen molar-refractivity contribution in [2.24, 2.45) is 0 Å². The Morgan fingerprint density at radius 1 is 1.15 bits per heavy atom. The molecule has 0 saturated heterocycles. The van der Waals surface area contributed by atoms with E-state index in [1.807, 2.05) is 19.1 Å². The van der Waals surface area contributed by atoms with Gasteiger partial charge >= 0.3 is 5.97 Å². The van der Waals surface area contributed by atoms with Crippen LogP contribution in [0.2, 0.25) is 0 Å². The van der Waals surface area contributed by atoms with Crippen LogP contribution in [0.25, 0.3) is 10.8 Å². The molecule has 106 valence electrons. The highest BCUT2D eigenvalue weighted by molar-refractivity contribution is 5.85. The van der Waals surface area contributed by atoms with E-state index >= 15 is 0 Å². The average Bonchev–Trinajstić information content (AvgIpc) is 2.45. The zero-order valence-corrected chi connectivity index (χ0v) is 11.5. The van der Waals surface area contributed by atoms with Crippen LogP contribution in [0.15, 0.2) is 36.4 Å². The second kappa shape index (κ2) is 6.80. The van der Waals surface area contributed by atoms with Crippen molar-refractivity contribution in [1.29, 1.82) is 0 Å². The standard InChI is InChI=1S/C16H18O4/c1-2-3-8-19-16(18)11-20-15-7-5-12-9-14(17)6-4-13(12)10-15/h4-7,9-10,17H,2-3,8,11H2,1H3. The lowest BCUT2D eigenvalue weighted by molar-refractivity contribution is -0.146. The summed E-state index contributed by atoms with van der Waals surface area (Å²) in [6.07, 6.45) is 1.86. The van der Waals surface area contributed by atoms with Gasteiger partial charge in [0.2, 0.25) is 0 Å². The first-order valence-electron chi connectivity index (χ1n) is 6.70. The lowest BCUT2D eigenvalue weighted by atomic mass is 10.1. The molecule has 0 saturated carbocycles. The van der Waals surface area contributed by atoms with Gasteiger partial charge in [0.25, 0.3) is 0 Å². The first kappa shape index (κ1) is 14.2. The number of hydrogen-bond acceptors (Lipinski definition) is 4. The van der Waals surface area contributed by atoms with E-state index in [9.17, 15) is 9.90 Å². The number of benzene rings is 2. The van der Waals surface area contributed by atoms with E-state index in [-0.39, 0.29) is 18.3 Å². The quantitative estimate of drug-likeness (QED) is 0.649. The highest BCUT2D eigenvalue weighted by Crippen LogP contribution is 2.24. The molecule has 0 unspecified atom stereocenters. The van der Waals surface area contributed by atoms with Gasteiger partial charge in [-0.15, -0.1) is 0 Å². The molecule has 0 aliphatic carbocycles. The first-order valence-corrected chi connectivity index (χ1v) is 6.70. The molecule has 1 N–H and O–H groups in total. The van der Waals surface area contributed by atoms with Gasteiger partial charge in [0.05, 0.1) is 6.61 Å². The Balaban J connectivity index is 1.93. The molecule has 0 fully saturated rings. The summed E-state index contributed by atoms with van der Waals surface area (Å²) in [5.74, 6) is 0.477. The van der Waals surface area contributed by atoms with E-state index in [4.69, 9.17) is 9.47 Å². The summed E-state index contributed by atoms with van der Waals surface area (Å²) in [6, 6.07) is 10.5. The van der Waals surface area contributed by atoms with Gasteiger partial charge in [0.1, 0.15) is 11.5 Å². The maximum Gasteiger partial charge on any atom is 0.344 e. The third-order valence-electron chi connectivity index (χ3n) is 2.91. The van der Waals surface area contributed by atoms with E-state index in [2.05, 4.69) is 0 Å². The zero-order valence-electron chi connectivity index (χ0n) is 11.5. The lowest BCUT2D eigenvalue weighted by Crippen LogP contribution is -2.15. The van der Waals surface area contributed by atoms with Crippen molar-refractivity contribution in [3.8, 4) is 11.5 Å². The molecule has 0 spiro atoms. The molecular weight excluding hydrogens is 256 g/mol. The third kappa shape index (κ3) is 3.88. The van der Waals surface area contributed by atoms with Crippen LogP contribution in [-0.2, 0) is 9.53 Å². The van der Waals surface area contributed by atoms with E-state index in [0.29, 0.717) is 12.4 Å². The number of aromatic hydroxyl groups is 1. The van der Waals surface area contributed by atoms with Crippen molar-refractivity contribution in [2.45, 2.75) is 19.8 Å². The van der Waals surface area contributed by atoms with Gasteiger partial charge in [-0.2, -0.15) is 0 Å². The van der Waals surface area contributed by atoms with Crippen LogP contribution in [0, 0.1) is 0 Å². The summed E-state index contributed by atoms with van der Waals surface area (Å²) in [5.41, 5.74) is 0. The average molecular weight is 274 g/mol. The fourth-order valence-corrected chi connectivity index (χ4v) is 1.82. The smallest absolute Gasteiger partial charge is 0.344 e. The number of phenolic OH excluding ortho intramolecular Hbond substituents is 1. The van der Waals surface area contributed by atoms with Crippen molar-refractivity contribution in [3.05, 3.63) is 36.4 Å². The third-order valence-corrected chi connectivity index (χ3v) is 2.91. The predicted octanol–water partition coefficient (Wildman–Crippen LogP) is 3.27. The number of unbranched alkanes of at least 4 members (excludes halogenated alkanes) is 1. The molecule has 0 heterocycles. The van der Waals surface area contributed by atoms with Gasteiger partial charge in [-0.25, -0.2) is 4.79 Å². The first-order chi connectivity index (χ1) is 9.69. The molecule has 0 aliphatic rings. The molecule has 0 radical (unpaired) electrons. The Labute approximate surface area is 117 Å². The molecule has 4 nitrogen and oxygen atoms in total. The Kier molecular flexibility index (Phi) is 4.82. The molecule has 4 heteroatoms. The van der Waals surface area contributed by atoms with Crippen LogP contribution < -0.4 is 4.74 Å². The largest absolute Gasteiger partial charge is 0.508 e. The molecule has 0 aromatic heterocycles. The second-order valence-corrected chi connectivity index (χ2v) is 4.56. The summed E-state index contributed by atoms with van der Waals surface area (Å²) in [7, 11) is 0. The Morgan fingerprint density at radius 3 is 2.70 bits per heavy atom. The molecule has 20 heavy (non-hydrogen) atoms. The monoisotopic (exact) mass is 274 g/mol. The van der Waals surface area contributed by atoms with E-state index in [1.54, 1.807) is 24.3 Å². The minimum atomic E-state index is -0.357. The predicted molar refractivity (Wildman–Crippen MR) is 77.0 cm³/mol. The van der Waals surface area contributed by atoms with Crippen LogP contribution in [-0.4, -0.2) is 24.3 Å². The van der Waals surface area contributed by atoms with Crippen LogP contribution >= 0.6 is 0 Å². The van der Waals surface area contributed by atoms with Crippen LogP contribution in [0.4, 0.5) is 0 Å². The molecule has 2 rings (SSSR count). The van der Waals surface area contributed by atoms with Crippen molar-refractivity contribution in [1.82, 2.24) is 0 Å². The van der Waals surface area contributed by atoms with Gasteiger partial charge in [-0.1, -0.05) is 25.5 Å². The number of rotatable bonds is 6. The summed E-state index contributed by atoms with van der Waals surface area (Å²) in [4.78, 5) is 11.4. The minimum absolute atomic E-state index is 0.0900. The molecular formula is C16H18O4. The number of esters is 1. The van der Waals surface area contributed by atoms with Gasteiger partial charge in [-0.3, -0.25) is 0 Å². The normalized spacial score (nSPS) is 10.4. The van der Waals surface area contributed by atoms with Gasteiger partial charge in [-0.05, 0) is 41.5 Å². The molecule has 0 atom stereocenters. The minimum Gasteiger partial charge on any atom is -0.508 e. The van der Waals surface area contributed by atoms with Crippen molar-refractivity contribution in [3.63, 3.8) is 0 Å². The topological polar surface area (TPSA) is 55.8 Å². The number of carbonyl (C=O) groups is 1. The highest BCUT2D eigenvalue weighted by Gasteiger charge is 2.05. The van der Waals surface area contributed by atoms with E-state index < -0.39 is 0 Å². The second-order valence-electron chi connectivity index (χ2n) is 4.56. The molecule has 2 aromatic rings. The molecule has 2 aromatic carbocycles. The number of ether oxygens (including phenoxy) is 2. The maximum atomic E-state index is 11.4. The summed E-state index contributed by atoms with van der Waals surface area (Å²) < 4.78 is 10.4. The Bertz CT molecular complexity index is 592. The van der Waals surface area contributed by atoms with Crippen molar-refractivity contribution in [2.75, 3.05) is 13.2 Å². The van der Waals surface area contributed by atoms with Crippen LogP contribution in [0.3, 0.4) is 0 Å². The van der Waals surface area contributed by atoms with Crippen LogP contribution in [0.5, 0.6) is 11.5 Å². The van der Waals surface area contributed by atoms with Gasteiger partial charge in [0.15, 0.2) is 6.61 Å². The number of phenols is 1. The Hall–Kier alpha value is -2.23. The zero-order chi connectivity index (χ0) is 14.4. The number of hydrogen-bond donors (Lipinski definition) is 1. The summed E-state index contributed by atoms with van der Waals surface area (Å²) in [5, 5.41) is 11.2. The fourth-order valence-electron chi connectivity index (χ4n) is 1.82. The Morgan fingerprint density at radius 2 is 1.90 bits per heavy atom. The van der Waals surface area contributed by atoms with E-state index in [0.717, 1.165) is 23.6 Å². The van der Waals surface area contributed by atoms with Crippen molar-refractivity contribution < 1.29 is 19.4 Å². The fraction of sp³-hybridized carbons (Fsp3) is 0.312. The van der Waals surface area contributed by atoms with E-state index in [1.165, 1.54) is 0 Å². The molecule has 0 amide bonds. The summed E-state index contributed by atoms with van der Waals surface area (Å²) >= 11 is 0. The summed E-state index contributed by atoms with van der Waals surface area (Å²) in [6.45, 7) is 2.39. The lowest BCUT2D eigenvalue weighted by Gasteiger charge is -2.07. The van der Waals surface area contributed by atoms with Gasteiger partial charge < -0.3 is 14.6 Å². The molecule has 0 bridgehead atoms. The van der Waals surface area contributed by atoms with Gasteiger partial charge in [0, 0.05) is 0 Å². The highest BCUT2D eigenvalue weighted by atomic mass is 16.6. The van der Waals surface area contributed by atoms with Crippen LogP contribution in [0.1, 0.15) is 19.8 Å². The molecule has 0 aliphatic heterocycles. The maximum absolute atomic E-state index is 11.4.